The van der Waals surface area contributed by atoms with E-state index in [1.807, 2.05) is 0 Å². The van der Waals surface area contributed by atoms with Gasteiger partial charge in [-0.25, -0.2) is 0 Å². The van der Waals surface area contributed by atoms with Crippen LogP contribution < -0.4 is 5.32 Å². The van der Waals surface area contributed by atoms with Gasteiger partial charge in [0.05, 0.1) is 24.8 Å². The molecule has 0 aliphatic carbocycles. The molecule has 1 aromatic carbocycles. The molecule has 1 fully saturated rings. The molecule has 1 amide bonds. The Labute approximate surface area is 131 Å². The molecule has 22 heavy (non-hydrogen) atoms. The SMILES string of the molecule is CC(C)[C@@H](CNC(=O)c1ccc(C#N)cc1)N1CCOCC1. The van der Waals surface area contributed by atoms with Gasteiger partial charge in [0.1, 0.15) is 0 Å². The summed E-state index contributed by atoms with van der Waals surface area (Å²) in [5, 5.41) is 11.8. The van der Waals surface area contributed by atoms with Gasteiger partial charge in [-0.1, -0.05) is 13.8 Å². The second-order valence-electron chi connectivity index (χ2n) is 5.86. The average molecular weight is 301 g/mol. The number of benzene rings is 1. The fraction of sp³-hybridized carbons (Fsp3) is 0.529. The number of nitrogens with zero attached hydrogens (tertiary/aromatic N) is 2. The molecule has 1 aliphatic heterocycles. The molecule has 0 saturated carbocycles. The predicted molar refractivity (Wildman–Crippen MR) is 84.5 cm³/mol. The third-order valence-corrected chi connectivity index (χ3v) is 4.03. The van der Waals surface area contributed by atoms with Crippen molar-refractivity contribution in [3.8, 4) is 6.07 Å². The number of ether oxygens (including phenoxy) is 1. The standard InChI is InChI=1S/C17H23N3O2/c1-13(2)16(20-7-9-22-10-8-20)12-19-17(21)15-5-3-14(11-18)4-6-15/h3-6,13,16H,7-10,12H2,1-2H3,(H,19,21)/t16-/m1/s1. The summed E-state index contributed by atoms with van der Waals surface area (Å²) in [7, 11) is 0. The topological polar surface area (TPSA) is 65.4 Å². The van der Waals surface area contributed by atoms with Crippen LogP contribution in [-0.4, -0.2) is 49.7 Å². The molecule has 1 aliphatic rings. The van der Waals surface area contributed by atoms with Crippen LogP contribution in [0.15, 0.2) is 24.3 Å². The van der Waals surface area contributed by atoms with E-state index >= 15 is 0 Å². The number of amides is 1. The van der Waals surface area contributed by atoms with Crippen LogP contribution in [0, 0.1) is 17.2 Å². The molecule has 118 valence electrons. The summed E-state index contributed by atoms with van der Waals surface area (Å²) < 4.78 is 5.39. The van der Waals surface area contributed by atoms with Crippen LogP contribution in [0.1, 0.15) is 29.8 Å². The van der Waals surface area contributed by atoms with Gasteiger partial charge >= 0.3 is 0 Å². The van der Waals surface area contributed by atoms with E-state index < -0.39 is 0 Å². The molecule has 0 unspecified atom stereocenters. The van der Waals surface area contributed by atoms with Gasteiger partial charge in [-0.15, -0.1) is 0 Å². The van der Waals surface area contributed by atoms with Crippen LogP contribution in [0.4, 0.5) is 0 Å². The van der Waals surface area contributed by atoms with E-state index in [1.165, 1.54) is 0 Å². The molecule has 0 bridgehead atoms. The minimum absolute atomic E-state index is 0.0941. The van der Waals surface area contributed by atoms with Crippen LogP contribution in [-0.2, 0) is 4.74 Å². The monoisotopic (exact) mass is 301 g/mol. The van der Waals surface area contributed by atoms with E-state index in [2.05, 4.69) is 30.1 Å². The van der Waals surface area contributed by atoms with Crippen molar-refractivity contribution in [3.63, 3.8) is 0 Å². The van der Waals surface area contributed by atoms with Gasteiger partial charge in [-0.05, 0) is 30.2 Å². The van der Waals surface area contributed by atoms with Crippen molar-refractivity contribution in [1.29, 1.82) is 5.26 Å². The van der Waals surface area contributed by atoms with Crippen molar-refractivity contribution in [1.82, 2.24) is 10.2 Å². The molecule has 1 atom stereocenters. The third-order valence-electron chi connectivity index (χ3n) is 4.03. The summed E-state index contributed by atoms with van der Waals surface area (Å²) >= 11 is 0. The average Bonchev–Trinajstić information content (AvgIpc) is 2.55. The van der Waals surface area contributed by atoms with Crippen LogP contribution >= 0.6 is 0 Å². The number of carbonyl (C=O) groups excluding carboxylic acids is 1. The maximum atomic E-state index is 12.2. The quantitative estimate of drug-likeness (QED) is 0.898. The van der Waals surface area contributed by atoms with E-state index in [4.69, 9.17) is 10.00 Å². The Kier molecular flexibility index (Phi) is 5.93. The molecular formula is C17H23N3O2. The smallest absolute Gasteiger partial charge is 0.251 e. The van der Waals surface area contributed by atoms with Gasteiger partial charge in [0.2, 0.25) is 0 Å². The lowest BCUT2D eigenvalue weighted by molar-refractivity contribution is 0.00673. The molecular weight excluding hydrogens is 278 g/mol. The summed E-state index contributed by atoms with van der Waals surface area (Å²) in [6.45, 7) is 8.31. The van der Waals surface area contributed by atoms with E-state index in [-0.39, 0.29) is 5.91 Å². The summed E-state index contributed by atoms with van der Waals surface area (Å²) in [6.07, 6.45) is 0. The lowest BCUT2D eigenvalue weighted by Gasteiger charge is -2.36. The van der Waals surface area contributed by atoms with Crippen molar-refractivity contribution in [2.45, 2.75) is 19.9 Å². The molecule has 1 saturated heterocycles. The zero-order chi connectivity index (χ0) is 15.9. The number of hydrogen-bond acceptors (Lipinski definition) is 4. The number of morpholine rings is 1. The fourth-order valence-corrected chi connectivity index (χ4v) is 2.69. The second kappa shape index (κ2) is 7.92. The van der Waals surface area contributed by atoms with E-state index in [0.29, 0.717) is 29.6 Å². The summed E-state index contributed by atoms with van der Waals surface area (Å²) in [4.78, 5) is 14.6. The maximum absolute atomic E-state index is 12.2. The van der Waals surface area contributed by atoms with Crippen molar-refractivity contribution in [3.05, 3.63) is 35.4 Å². The number of rotatable bonds is 5. The molecule has 5 heteroatoms. The van der Waals surface area contributed by atoms with Crippen molar-refractivity contribution >= 4 is 5.91 Å². The minimum Gasteiger partial charge on any atom is -0.379 e. The summed E-state index contributed by atoms with van der Waals surface area (Å²) in [5.74, 6) is 0.364. The third kappa shape index (κ3) is 4.30. The van der Waals surface area contributed by atoms with Crippen LogP contribution in [0.2, 0.25) is 0 Å². The number of nitriles is 1. The highest BCUT2D eigenvalue weighted by atomic mass is 16.5. The maximum Gasteiger partial charge on any atom is 0.251 e. The van der Waals surface area contributed by atoms with Gasteiger partial charge in [-0.2, -0.15) is 5.26 Å². The Morgan fingerprint density at radius 1 is 1.32 bits per heavy atom. The highest BCUT2D eigenvalue weighted by Gasteiger charge is 2.24. The summed E-state index contributed by atoms with van der Waals surface area (Å²) in [5.41, 5.74) is 1.15. The van der Waals surface area contributed by atoms with Gasteiger partial charge < -0.3 is 10.1 Å². The van der Waals surface area contributed by atoms with E-state index in [9.17, 15) is 4.79 Å². The fourth-order valence-electron chi connectivity index (χ4n) is 2.69. The Balaban J connectivity index is 1.93. The molecule has 2 rings (SSSR count). The Morgan fingerprint density at radius 3 is 2.50 bits per heavy atom. The van der Waals surface area contributed by atoms with Crippen LogP contribution in [0.5, 0.6) is 0 Å². The molecule has 0 spiro atoms. The van der Waals surface area contributed by atoms with Gasteiger partial charge in [0.25, 0.3) is 5.91 Å². The molecule has 5 nitrogen and oxygen atoms in total. The second-order valence-corrected chi connectivity index (χ2v) is 5.86. The highest BCUT2D eigenvalue weighted by Crippen LogP contribution is 2.12. The number of carbonyl (C=O) groups is 1. The molecule has 1 N–H and O–H groups in total. The van der Waals surface area contributed by atoms with Crippen molar-refractivity contribution in [2.24, 2.45) is 5.92 Å². The largest absolute Gasteiger partial charge is 0.379 e. The molecule has 1 aromatic rings. The van der Waals surface area contributed by atoms with E-state index in [1.54, 1.807) is 24.3 Å². The lowest BCUT2D eigenvalue weighted by atomic mass is 10.0. The number of nitrogens with one attached hydrogen (secondary N) is 1. The lowest BCUT2D eigenvalue weighted by Crippen LogP contribution is -2.51. The Morgan fingerprint density at radius 2 is 1.95 bits per heavy atom. The Bertz CT molecular complexity index is 528. The molecule has 1 heterocycles. The van der Waals surface area contributed by atoms with Crippen LogP contribution in [0.25, 0.3) is 0 Å². The number of hydrogen-bond donors (Lipinski definition) is 1. The van der Waals surface area contributed by atoms with Crippen molar-refractivity contribution in [2.75, 3.05) is 32.8 Å². The zero-order valence-electron chi connectivity index (χ0n) is 13.2. The Hall–Kier alpha value is -1.90. The zero-order valence-corrected chi connectivity index (χ0v) is 13.2. The van der Waals surface area contributed by atoms with Gasteiger partial charge in [0, 0.05) is 31.2 Å². The normalized spacial score (nSPS) is 17.0. The van der Waals surface area contributed by atoms with Gasteiger partial charge in [0.15, 0.2) is 0 Å². The van der Waals surface area contributed by atoms with Gasteiger partial charge in [-0.3, -0.25) is 9.69 Å². The summed E-state index contributed by atoms with van der Waals surface area (Å²) in [6, 6.07) is 9.06. The first kappa shape index (κ1) is 16.5. The van der Waals surface area contributed by atoms with E-state index in [0.717, 1.165) is 26.3 Å². The first-order valence-corrected chi connectivity index (χ1v) is 7.72. The van der Waals surface area contributed by atoms with Crippen LogP contribution in [0.3, 0.4) is 0 Å². The predicted octanol–water partition coefficient (Wildman–Crippen LogP) is 1.64. The van der Waals surface area contributed by atoms with Crippen molar-refractivity contribution < 1.29 is 9.53 Å². The first-order chi connectivity index (χ1) is 10.6. The first-order valence-electron chi connectivity index (χ1n) is 7.72. The molecule has 0 aromatic heterocycles. The highest BCUT2D eigenvalue weighted by molar-refractivity contribution is 5.94. The molecule has 0 radical (unpaired) electrons. The minimum atomic E-state index is -0.0941.